The zero-order valence-electron chi connectivity index (χ0n) is 14.7. The molecule has 0 spiro atoms. The minimum atomic E-state index is -0.128. The number of likely N-dealkylation sites (tertiary alicyclic amines) is 1. The Hall–Kier alpha value is -2.96. The van der Waals surface area contributed by atoms with Crippen LogP contribution in [-0.4, -0.2) is 36.9 Å². The van der Waals surface area contributed by atoms with Crippen molar-refractivity contribution in [3.8, 4) is 0 Å². The number of H-pyrrole nitrogens is 1. The number of carbonyl (C=O) groups is 1. The zero-order valence-corrected chi connectivity index (χ0v) is 14.7. The summed E-state index contributed by atoms with van der Waals surface area (Å²) < 4.78 is 1.45. The first kappa shape index (κ1) is 16.5. The molecule has 1 aliphatic heterocycles. The highest BCUT2D eigenvalue weighted by atomic mass is 16.2. The smallest absolute Gasteiger partial charge is 0.273 e. The number of aromatic nitrogens is 4. The maximum atomic E-state index is 12.9. The molecule has 0 radical (unpaired) electrons. The van der Waals surface area contributed by atoms with Crippen molar-refractivity contribution in [2.75, 3.05) is 6.54 Å². The van der Waals surface area contributed by atoms with E-state index in [1.54, 1.807) is 24.4 Å². The van der Waals surface area contributed by atoms with Crippen molar-refractivity contribution in [3.63, 3.8) is 0 Å². The van der Waals surface area contributed by atoms with E-state index < -0.39 is 0 Å². The summed E-state index contributed by atoms with van der Waals surface area (Å²) in [5, 5.41) is 3.15. The van der Waals surface area contributed by atoms with Crippen LogP contribution in [0.2, 0.25) is 0 Å². The average Bonchev–Trinajstić information content (AvgIpc) is 3.12. The topological polar surface area (TPSA) is 83.4 Å². The van der Waals surface area contributed by atoms with Gasteiger partial charge in [0.2, 0.25) is 0 Å². The fraction of sp³-hybridized carbons (Fsp3) is 0.368. The minimum absolute atomic E-state index is 0.0801. The Morgan fingerprint density at radius 1 is 1.31 bits per heavy atom. The Morgan fingerprint density at radius 2 is 2.19 bits per heavy atom. The van der Waals surface area contributed by atoms with E-state index in [0.717, 1.165) is 30.7 Å². The first-order chi connectivity index (χ1) is 12.7. The van der Waals surface area contributed by atoms with Crippen LogP contribution in [0, 0.1) is 0 Å². The van der Waals surface area contributed by atoms with E-state index >= 15 is 0 Å². The minimum Gasteiger partial charge on any atom is -0.329 e. The Morgan fingerprint density at radius 3 is 2.96 bits per heavy atom. The van der Waals surface area contributed by atoms with Crippen LogP contribution < -0.4 is 5.56 Å². The molecule has 1 aliphatic rings. The second kappa shape index (κ2) is 6.74. The third kappa shape index (κ3) is 2.89. The summed E-state index contributed by atoms with van der Waals surface area (Å²) in [6, 6.07) is 8.67. The molecular formula is C19H21N5O2. The second-order valence-corrected chi connectivity index (χ2v) is 6.57. The summed E-state index contributed by atoms with van der Waals surface area (Å²) in [5.41, 5.74) is 2.52. The van der Waals surface area contributed by atoms with E-state index in [9.17, 15) is 9.59 Å². The number of carbonyl (C=O) groups excluding carboxylic acids is 1. The Bertz CT molecular complexity index is 992. The van der Waals surface area contributed by atoms with Crippen LogP contribution in [0.4, 0.5) is 0 Å². The third-order valence-electron chi connectivity index (χ3n) is 4.89. The highest BCUT2D eigenvalue weighted by molar-refractivity contribution is 5.92. The summed E-state index contributed by atoms with van der Waals surface area (Å²) in [5.74, 6) is -0.0801. The predicted molar refractivity (Wildman–Crippen MR) is 97.1 cm³/mol. The van der Waals surface area contributed by atoms with Gasteiger partial charge < -0.3 is 4.90 Å². The third-order valence-corrected chi connectivity index (χ3v) is 4.89. The van der Waals surface area contributed by atoms with Crippen LogP contribution in [-0.2, 0) is 6.42 Å². The van der Waals surface area contributed by atoms with E-state index in [0.29, 0.717) is 24.3 Å². The van der Waals surface area contributed by atoms with Crippen LogP contribution in [0.1, 0.15) is 54.1 Å². The monoisotopic (exact) mass is 351 g/mol. The number of piperidine rings is 1. The molecule has 1 amide bonds. The maximum absolute atomic E-state index is 12.9. The van der Waals surface area contributed by atoms with Crippen molar-refractivity contribution >= 4 is 11.6 Å². The number of nitrogens with one attached hydrogen (secondary N) is 1. The van der Waals surface area contributed by atoms with Gasteiger partial charge in [-0.15, -0.1) is 0 Å². The van der Waals surface area contributed by atoms with Gasteiger partial charge >= 0.3 is 0 Å². The molecule has 7 nitrogen and oxygen atoms in total. The van der Waals surface area contributed by atoms with Crippen LogP contribution in [0.15, 0.2) is 41.3 Å². The lowest BCUT2D eigenvalue weighted by molar-refractivity contribution is 0.0599. The lowest BCUT2D eigenvalue weighted by Gasteiger charge is -2.34. The SMILES string of the molecule is CCc1cc(=O)n2[nH]c([C@H]3CCCCN3C(=O)c3ccccn3)cc2n1. The van der Waals surface area contributed by atoms with Crippen molar-refractivity contribution in [2.45, 2.75) is 38.6 Å². The molecule has 1 N–H and O–H groups in total. The van der Waals surface area contributed by atoms with Gasteiger partial charge in [0.15, 0.2) is 5.65 Å². The van der Waals surface area contributed by atoms with Gasteiger partial charge in [-0.25, -0.2) is 9.50 Å². The first-order valence-electron chi connectivity index (χ1n) is 9.01. The Balaban J connectivity index is 1.72. The number of hydrogen-bond acceptors (Lipinski definition) is 4. The summed E-state index contributed by atoms with van der Waals surface area (Å²) in [6.07, 6.45) is 5.19. The van der Waals surface area contributed by atoms with Gasteiger partial charge in [-0.1, -0.05) is 13.0 Å². The highest BCUT2D eigenvalue weighted by Crippen LogP contribution is 2.31. The summed E-state index contributed by atoms with van der Waals surface area (Å²) >= 11 is 0. The van der Waals surface area contributed by atoms with Gasteiger partial charge in [0.05, 0.1) is 11.7 Å². The van der Waals surface area contributed by atoms with E-state index in [4.69, 9.17) is 0 Å². The van der Waals surface area contributed by atoms with Gasteiger partial charge in [0.1, 0.15) is 5.69 Å². The fourth-order valence-corrected chi connectivity index (χ4v) is 3.55. The van der Waals surface area contributed by atoms with Gasteiger partial charge in [0, 0.05) is 30.6 Å². The predicted octanol–water partition coefficient (Wildman–Crippen LogP) is 2.35. The number of aromatic amines is 1. The first-order valence-corrected chi connectivity index (χ1v) is 9.01. The summed E-state index contributed by atoms with van der Waals surface area (Å²) in [4.78, 5) is 35.8. The molecule has 1 atom stereocenters. The van der Waals surface area contributed by atoms with Crippen LogP contribution in [0.3, 0.4) is 0 Å². The standard InChI is InChI=1S/C19H21N5O2/c1-2-13-11-18(25)24-17(21-13)12-15(22-24)16-8-4-6-10-23(16)19(26)14-7-3-5-9-20-14/h3,5,7,9,11-12,16,22H,2,4,6,8,10H2,1H3/t16-/m1/s1. The van der Waals surface area contributed by atoms with Crippen molar-refractivity contribution in [1.82, 2.24) is 24.5 Å². The molecule has 134 valence electrons. The average molecular weight is 351 g/mol. The van der Waals surface area contributed by atoms with Crippen LogP contribution >= 0.6 is 0 Å². The molecule has 7 heteroatoms. The van der Waals surface area contributed by atoms with Crippen molar-refractivity contribution in [2.24, 2.45) is 0 Å². The molecule has 1 saturated heterocycles. The largest absolute Gasteiger partial charge is 0.329 e. The molecule has 0 unspecified atom stereocenters. The Labute approximate surface area is 150 Å². The van der Waals surface area contributed by atoms with Crippen molar-refractivity contribution in [1.29, 1.82) is 0 Å². The van der Waals surface area contributed by atoms with E-state index in [1.165, 1.54) is 4.52 Å². The molecular weight excluding hydrogens is 330 g/mol. The van der Waals surface area contributed by atoms with Crippen LogP contribution in [0.5, 0.6) is 0 Å². The number of amides is 1. The van der Waals surface area contributed by atoms with Gasteiger partial charge in [0.25, 0.3) is 11.5 Å². The number of nitrogens with zero attached hydrogens (tertiary/aromatic N) is 4. The number of fused-ring (bicyclic) bond motifs is 1. The number of hydrogen-bond donors (Lipinski definition) is 1. The van der Waals surface area contributed by atoms with E-state index in [1.807, 2.05) is 24.0 Å². The number of pyridine rings is 1. The molecule has 0 bridgehead atoms. The lowest BCUT2D eigenvalue weighted by Crippen LogP contribution is -2.39. The lowest BCUT2D eigenvalue weighted by atomic mass is 9.99. The second-order valence-electron chi connectivity index (χ2n) is 6.57. The van der Waals surface area contributed by atoms with Gasteiger partial charge in [-0.05, 0) is 37.8 Å². The van der Waals surface area contributed by atoms with E-state index in [2.05, 4.69) is 15.1 Å². The molecule has 0 aliphatic carbocycles. The molecule has 0 aromatic carbocycles. The molecule has 4 heterocycles. The number of rotatable bonds is 3. The molecule has 26 heavy (non-hydrogen) atoms. The summed E-state index contributed by atoms with van der Waals surface area (Å²) in [6.45, 7) is 2.65. The summed E-state index contributed by atoms with van der Waals surface area (Å²) in [7, 11) is 0. The molecule has 3 aromatic heterocycles. The van der Waals surface area contributed by atoms with E-state index in [-0.39, 0.29) is 17.5 Å². The van der Waals surface area contributed by atoms with Crippen molar-refractivity contribution in [3.05, 3.63) is 64.0 Å². The van der Waals surface area contributed by atoms with Crippen molar-refractivity contribution < 1.29 is 4.79 Å². The maximum Gasteiger partial charge on any atom is 0.273 e. The quantitative estimate of drug-likeness (QED) is 0.785. The zero-order chi connectivity index (χ0) is 18.1. The molecule has 4 rings (SSSR count). The Kier molecular flexibility index (Phi) is 4.28. The molecule has 1 fully saturated rings. The van der Waals surface area contributed by atoms with Crippen LogP contribution in [0.25, 0.3) is 5.65 Å². The molecule has 0 saturated carbocycles. The number of aryl methyl sites for hydroxylation is 1. The normalized spacial score (nSPS) is 17.6. The fourth-order valence-electron chi connectivity index (χ4n) is 3.55. The molecule has 3 aromatic rings. The van der Waals surface area contributed by atoms with Gasteiger partial charge in [-0.3, -0.25) is 19.7 Å². The highest BCUT2D eigenvalue weighted by Gasteiger charge is 2.30. The van der Waals surface area contributed by atoms with Gasteiger partial charge in [-0.2, -0.15) is 0 Å².